The number of aryl methyl sites for hydroxylation is 1. The third kappa shape index (κ3) is 2.68. The average Bonchev–Trinajstić information content (AvgIpc) is 2.71. The van der Waals surface area contributed by atoms with Crippen LogP contribution in [0, 0.1) is 4.77 Å². The van der Waals surface area contributed by atoms with Gasteiger partial charge in [0.15, 0.2) is 5.82 Å². The van der Waals surface area contributed by atoms with Crippen LogP contribution >= 0.6 is 28.1 Å². The Morgan fingerprint density at radius 1 is 1.61 bits per heavy atom. The molecule has 0 atom stereocenters. The second-order valence-corrected chi connectivity index (χ2v) is 4.81. The van der Waals surface area contributed by atoms with Crippen molar-refractivity contribution in [2.75, 3.05) is 0 Å². The summed E-state index contributed by atoms with van der Waals surface area (Å²) in [4.78, 5) is 0. The van der Waals surface area contributed by atoms with E-state index in [0.29, 0.717) is 9.24 Å². The fourth-order valence-electron chi connectivity index (χ4n) is 1.40. The molecule has 0 spiro atoms. The third-order valence-electron chi connectivity index (χ3n) is 2.33. The van der Waals surface area contributed by atoms with Crippen molar-refractivity contribution in [3.05, 3.63) is 38.8 Å². The van der Waals surface area contributed by atoms with E-state index >= 15 is 0 Å². The number of nitrogens with one attached hydrogen (secondary N) is 1. The topological polar surface area (TPSA) is 66.2 Å². The van der Waals surface area contributed by atoms with Gasteiger partial charge in [-0.25, -0.2) is 0 Å². The maximum Gasteiger partial charge on any atom is 0.216 e. The molecular weight excluding hydrogens is 316 g/mol. The molecule has 1 aromatic heterocycles. The summed E-state index contributed by atoms with van der Waals surface area (Å²) in [6.45, 7) is 1.98. The van der Waals surface area contributed by atoms with E-state index in [-0.39, 0.29) is 5.75 Å². The van der Waals surface area contributed by atoms with Gasteiger partial charge >= 0.3 is 0 Å². The molecule has 0 bridgehead atoms. The van der Waals surface area contributed by atoms with Crippen molar-refractivity contribution in [2.45, 2.75) is 13.3 Å². The molecule has 0 unspecified atom stereocenters. The van der Waals surface area contributed by atoms with Crippen LogP contribution in [0.25, 0.3) is 0 Å². The van der Waals surface area contributed by atoms with Gasteiger partial charge in [0.25, 0.3) is 0 Å². The van der Waals surface area contributed by atoms with E-state index in [1.165, 1.54) is 0 Å². The van der Waals surface area contributed by atoms with Crippen LogP contribution in [0.15, 0.2) is 27.8 Å². The van der Waals surface area contributed by atoms with Crippen molar-refractivity contribution in [3.63, 3.8) is 0 Å². The molecule has 18 heavy (non-hydrogen) atoms. The summed E-state index contributed by atoms with van der Waals surface area (Å²) in [5.41, 5.74) is 0.852. The number of aromatic amines is 1. The van der Waals surface area contributed by atoms with Crippen LogP contribution in [-0.4, -0.2) is 26.2 Å². The van der Waals surface area contributed by atoms with Crippen LogP contribution in [0.4, 0.5) is 0 Å². The first kappa shape index (κ1) is 13.0. The summed E-state index contributed by atoms with van der Waals surface area (Å²) in [7, 11) is 0. The van der Waals surface area contributed by atoms with E-state index in [4.69, 9.17) is 12.2 Å². The van der Waals surface area contributed by atoms with Gasteiger partial charge in [0.1, 0.15) is 5.75 Å². The van der Waals surface area contributed by atoms with Crippen molar-refractivity contribution in [3.8, 4) is 5.75 Å². The number of aromatic hydroxyl groups is 1. The summed E-state index contributed by atoms with van der Waals surface area (Å²) in [6.07, 6.45) is 2.40. The standard InChI is InChI=1S/C11H11BrN4OS/c1-2-10-14-15-11(18)16(10)13-6-7-3-4-9(17)8(12)5-7/h3-6,17H,2H2,1H3,(H,15,18)/b13-6-. The van der Waals surface area contributed by atoms with Crippen LogP contribution in [0.3, 0.4) is 0 Å². The largest absolute Gasteiger partial charge is 0.507 e. The Labute approximate surface area is 117 Å². The Morgan fingerprint density at radius 3 is 3.06 bits per heavy atom. The van der Waals surface area contributed by atoms with Crippen LogP contribution in [0.2, 0.25) is 0 Å². The van der Waals surface area contributed by atoms with Crippen LogP contribution in [0.5, 0.6) is 5.75 Å². The molecule has 1 aromatic carbocycles. The first-order valence-electron chi connectivity index (χ1n) is 5.31. The Hall–Kier alpha value is -1.47. The molecule has 5 nitrogen and oxygen atoms in total. The van der Waals surface area contributed by atoms with Gasteiger partial charge in [-0.3, -0.25) is 5.10 Å². The molecule has 0 radical (unpaired) electrons. The number of H-pyrrole nitrogens is 1. The molecule has 7 heteroatoms. The van der Waals surface area contributed by atoms with Gasteiger partial charge in [-0.05, 0) is 51.9 Å². The first-order valence-corrected chi connectivity index (χ1v) is 6.51. The molecule has 2 N–H and O–H groups in total. The number of hydrogen-bond acceptors (Lipinski definition) is 4. The van der Waals surface area contributed by atoms with Gasteiger partial charge in [0.2, 0.25) is 4.77 Å². The highest BCUT2D eigenvalue weighted by Crippen LogP contribution is 2.23. The molecule has 0 amide bonds. The number of nitrogens with zero attached hydrogens (tertiary/aromatic N) is 3. The highest BCUT2D eigenvalue weighted by atomic mass is 79.9. The van der Waals surface area contributed by atoms with E-state index in [1.807, 2.05) is 6.92 Å². The lowest BCUT2D eigenvalue weighted by Gasteiger charge is -1.99. The SMILES string of the molecule is CCc1n[nH]c(=S)n1/N=C\c1ccc(O)c(Br)c1. The number of phenols is 1. The predicted molar refractivity (Wildman–Crippen MR) is 75.6 cm³/mol. The van der Waals surface area contributed by atoms with E-state index in [1.54, 1.807) is 29.1 Å². The van der Waals surface area contributed by atoms with Crippen molar-refractivity contribution in [2.24, 2.45) is 5.10 Å². The summed E-state index contributed by atoms with van der Waals surface area (Å²) >= 11 is 8.33. The van der Waals surface area contributed by atoms with Crippen LogP contribution in [0.1, 0.15) is 18.3 Å². The number of benzene rings is 1. The lowest BCUT2D eigenvalue weighted by molar-refractivity contribution is 0.472. The summed E-state index contributed by atoms with van der Waals surface area (Å²) in [5.74, 6) is 0.968. The van der Waals surface area contributed by atoms with Gasteiger partial charge in [-0.1, -0.05) is 6.92 Å². The molecule has 0 saturated carbocycles. The number of rotatable bonds is 3. The zero-order chi connectivity index (χ0) is 13.1. The zero-order valence-corrected chi connectivity index (χ0v) is 12.0. The Morgan fingerprint density at radius 2 is 2.39 bits per heavy atom. The van der Waals surface area contributed by atoms with E-state index in [0.717, 1.165) is 17.8 Å². The second-order valence-electron chi connectivity index (χ2n) is 3.57. The Balaban J connectivity index is 2.32. The van der Waals surface area contributed by atoms with Gasteiger partial charge in [0.05, 0.1) is 10.7 Å². The third-order valence-corrected chi connectivity index (χ3v) is 3.23. The highest BCUT2D eigenvalue weighted by Gasteiger charge is 2.02. The van der Waals surface area contributed by atoms with Crippen molar-refractivity contribution in [1.29, 1.82) is 0 Å². The molecule has 0 fully saturated rings. The Kier molecular flexibility index (Phi) is 3.93. The minimum absolute atomic E-state index is 0.196. The van der Waals surface area contributed by atoms with Gasteiger partial charge < -0.3 is 5.11 Å². The number of hydrogen-bond donors (Lipinski definition) is 2. The smallest absolute Gasteiger partial charge is 0.216 e. The zero-order valence-electron chi connectivity index (χ0n) is 9.59. The number of phenolic OH excluding ortho intramolecular Hbond substituents is 1. The first-order chi connectivity index (χ1) is 8.61. The van der Waals surface area contributed by atoms with Crippen molar-refractivity contribution in [1.82, 2.24) is 14.9 Å². The second kappa shape index (κ2) is 5.45. The lowest BCUT2D eigenvalue weighted by Crippen LogP contribution is -1.97. The molecule has 2 rings (SSSR count). The predicted octanol–water partition coefficient (Wildman–Crippen LogP) is 2.85. The minimum Gasteiger partial charge on any atom is -0.507 e. The molecule has 2 aromatic rings. The fourth-order valence-corrected chi connectivity index (χ4v) is 1.99. The quantitative estimate of drug-likeness (QED) is 0.673. The average molecular weight is 327 g/mol. The van der Waals surface area contributed by atoms with Crippen molar-refractivity contribution < 1.29 is 5.11 Å². The van der Waals surface area contributed by atoms with Crippen LogP contribution < -0.4 is 0 Å². The summed E-state index contributed by atoms with van der Waals surface area (Å²) in [6, 6.07) is 5.13. The van der Waals surface area contributed by atoms with Gasteiger partial charge in [0, 0.05) is 6.42 Å². The molecule has 1 heterocycles. The molecular formula is C11H11BrN4OS. The number of aromatic nitrogens is 3. The fraction of sp³-hybridized carbons (Fsp3) is 0.182. The summed E-state index contributed by atoms with van der Waals surface area (Å²) in [5, 5.41) is 20.4. The maximum atomic E-state index is 9.39. The van der Waals surface area contributed by atoms with E-state index < -0.39 is 0 Å². The monoisotopic (exact) mass is 326 g/mol. The van der Waals surface area contributed by atoms with Crippen LogP contribution in [-0.2, 0) is 6.42 Å². The van der Waals surface area contributed by atoms with E-state index in [2.05, 4.69) is 31.2 Å². The summed E-state index contributed by atoms with van der Waals surface area (Å²) < 4.78 is 2.66. The normalized spacial score (nSPS) is 11.2. The molecule has 0 aliphatic heterocycles. The lowest BCUT2D eigenvalue weighted by atomic mass is 10.2. The minimum atomic E-state index is 0.196. The molecule has 0 saturated heterocycles. The highest BCUT2D eigenvalue weighted by molar-refractivity contribution is 9.10. The molecule has 94 valence electrons. The van der Waals surface area contributed by atoms with Gasteiger partial charge in [-0.15, -0.1) is 0 Å². The number of halogens is 1. The molecule has 0 aliphatic rings. The molecule has 0 aliphatic carbocycles. The van der Waals surface area contributed by atoms with Crippen molar-refractivity contribution >= 4 is 34.4 Å². The van der Waals surface area contributed by atoms with Gasteiger partial charge in [-0.2, -0.15) is 14.9 Å². The Bertz CT molecular complexity index is 647. The maximum absolute atomic E-state index is 9.39. The van der Waals surface area contributed by atoms with E-state index in [9.17, 15) is 5.11 Å².